The number of rotatable bonds is 8. The highest BCUT2D eigenvalue weighted by Gasteiger charge is 2.16. The predicted molar refractivity (Wildman–Crippen MR) is 103 cm³/mol. The number of ether oxygens (including phenoxy) is 2. The molecule has 2 rings (SSSR count). The Morgan fingerprint density at radius 2 is 2.08 bits per heavy atom. The number of carbonyl (C=O) groups excluding carboxylic acids is 1. The van der Waals surface area contributed by atoms with Crippen LogP contribution in [-0.4, -0.2) is 70.8 Å². The lowest BCUT2D eigenvalue weighted by Crippen LogP contribution is -2.41. The van der Waals surface area contributed by atoms with Crippen molar-refractivity contribution in [3.8, 4) is 5.75 Å². The molecule has 1 aromatic rings. The smallest absolute Gasteiger partial charge is 0.243 e. The molecular formula is C19H30N4O3. The normalized spacial score (nSPS) is 17.0. The molecule has 1 aliphatic heterocycles. The average Bonchev–Trinajstić information content (AvgIpc) is 3.17. The standard InChI is InChI=1S/C19H30N4O3/c1-23(2)18(24)13-22-19(21-12-16-9-11-26-14-16)20-10-8-15-4-6-17(25-3)7-5-15/h4-7,16H,8-14H2,1-3H3,(H2,20,21,22). The zero-order valence-electron chi connectivity index (χ0n) is 16.0. The number of guanidine groups is 1. The van der Waals surface area contributed by atoms with E-state index in [1.165, 1.54) is 5.56 Å². The first kappa shape index (κ1) is 20.0. The Balaban J connectivity index is 1.84. The van der Waals surface area contributed by atoms with Crippen LogP contribution in [-0.2, 0) is 16.0 Å². The number of benzene rings is 1. The minimum atomic E-state index is -0.0227. The maximum absolute atomic E-state index is 11.8. The van der Waals surface area contributed by atoms with Gasteiger partial charge in [-0.25, -0.2) is 4.99 Å². The van der Waals surface area contributed by atoms with Crippen molar-refractivity contribution in [3.05, 3.63) is 29.8 Å². The fourth-order valence-electron chi connectivity index (χ4n) is 2.57. The van der Waals surface area contributed by atoms with Crippen LogP contribution in [0.15, 0.2) is 29.3 Å². The van der Waals surface area contributed by atoms with Gasteiger partial charge in [0, 0.05) is 39.7 Å². The summed E-state index contributed by atoms with van der Waals surface area (Å²) in [7, 11) is 5.13. The monoisotopic (exact) mass is 362 g/mol. The molecule has 1 unspecified atom stereocenters. The van der Waals surface area contributed by atoms with Gasteiger partial charge in [0.1, 0.15) is 12.3 Å². The highest BCUT2D eigenvalue weighted by Crippen LogP contribution is 2.11. The largest absolute Gasteiger partial charge is 0.497 e. The van der Waals surface area contributed by atoms with Crippen molar-refractivity contribution in [3.63, 3.8) is 0 Å². The summed E-state index contributed by atoms with van der Waals surface area (Å²) in [5, 5.41) is 6.64. The second-order valence-electron chi connectivity index (χ2n) is 6.59. The first-order valence-electron chi connectivity index (χ1n) is 9.01. The molecule has 0 aromatic heterocycles. The van der Waals surface area contributed by atoms with Gasteiger partial charge >= 0.3 is 0 Å². The molecule has 0 aliphatic carbocycles. The minimum Gasteiger partial charge on any atom is -0.497 e. The van der Waals surface area contributed by atoms with Crippen LogP contribution in [0.1, 0.15) is 12.0 Å². The molecule has 0 saturated carbocycles. The van der Waals surface area contributed by atoms with Crippen molar-refractivity contribution in [1.82, 2.24) is 15.5 Å². The van der Waals surface area contributed by atoms with E-state index < -0.39 is 0 Å². The van der Waals surface area contributed by atoms with Gasteiger partial charge in [-0.15, -0.1) is 0 Å². The third-order valence-electron chi connectivity index (χ3n) is 4.32. The van der Waals surface area contributed by atoms with E-state index in [9.17, 15) is 4.79 Å². The van der Waals surface area contributed by atoms with Crippen LogP contribution < -0.4 is 15.4 Å². The third-order valence-corrected chi connectivity index (χ3v) is 4.32. The van der Waals surface area contributed by atoms with E-state index in [0.29, 0.717) is 11.9 Å². The predicted octanol–water partition coefficient (Wildman–Crippen LogP) is 0.898. The zero-order chi connectivity index (χ0) is 18.8. The van der Waals surface area contributed by atoms with Gasteiger partial charge in [0.25, 0.3) is 0 Å². The number of carbonyl (C=O) groups is 1. The van der Waals surface area contributed by atoms with Gasteiger partial charge in [-0.3, -0.25) is 4.79 Å². The molecule has 1 fully saturated rings. The number of nitrogens with one attached hydrogen (secondary N) is 2. The Morgan fingerprint density at radius 3 is 2.69 bits per heavy atom. The van der Waals surface area contributed by atoms with Crippen molar-refractivity contribution in [2.45, 2.75) is 12.8 Å². The lowest BCUT2D eigenvalue weighted by Gasteiger charge is -2.16. The van der Waals surface area contributed by atoms with Gasteiger partial charge in [-0.05, 0) is 30.5 Å². The number of nitrogens with zero attached hydrogens (tertiary/aromatic N) is 2. The van der Waals surface area contributed by atoms with Crippen LogP contribution in [0.3, 0.4) is 0 Å². The minimum absolute atomic E-state index is 0.0227. The lowest BCUT2D eigenvalue weighted by molar-refractivity contribution is -0.127. The van der Waals surface area contributed by atoms with E-state index in [4.69, 9.17) is 9.47 Å². The summed E-state index contributed by atoms with van der Waals surface area (Å²) in [5.41, 5.74) is 1.21. The summed E-state index contributed by atoms with van der Waals surface area (Å²) in [6.07, 6.45) is 1.92. The molecule has 7 nitrogen and oxygen atoms in total. The number of hydrogen-bond donors (Lipinski definition) is 2. The van der Waals surface area contributed by atoms with Crippen LogP contribution in [0.4, 0.5) is 0 Å². The number of hydrogen-bond acceptors (Lipinski definition) is 4. The Bertz CT molecular complexity index is 581. The van der Waals surface area contributed by atoms with Crippen molar-refractivity contribution in [1.29, 1.82) is 0 Å². The SMILES string of the molecule is COc1ccc(CCNC(=NCC(=O)N(C)C)NCC2CCOC2)cc1. The fourth-order valence-corrected chi connectivity index (χ4v) is 2.57. The van der Waals surface area contributed by atoms with Gasteiger partial charge in [0.2, 0.25) is 5.91 Å². The van der Waals surface area contributed by atoms with Crippen LogP contribution in [0.5, 0.6) is 5.75 Å². The quantitative estimate of drug-likeness (QED) is 0.531. The molecule has 7 heteroatoms. The Morgan fingerprint density at radius 1 is 1.31 bits per heavy atom. The summed E-state index contributed by atoms with van der Waals surface area (Å²) in [6, 6.07) is 8.02. The molecule has 0 spiro atoms. The number of amides is 1. The van der Waals surface area contributed by atoms with Crippen molar-refractivity contribution in [2.24, 2.45) is 10.9 Å². The van der Waals surface area contributed by atoms with E-state index in [2.05, 4.69) is 27.8 Å². The molecule has 144 valence electrons. The van der Waals surface area contributed by atoms with Crippen LogP contribution in [0, 0.1) is 5.92 Å². The summed E-state index contributed by atoms with van der Waals surface area (Å²) >= 11 is 0. The summed E-state index contributed by atoms with van der Waals surface area (Å²) < 4.78 is 10.6. The molecule has 1 aliphatic rings. The molecular weight excluding hydrogens is 332 g/mol. The molecule has 1 amide bonds. The van der Waals surface area contributed by atoms with E-state index >= 15 is 0 Å². The van der Waals surface area contributed by atoms with Crippen LogP contribution >= 0.6 is 0 Å². The van der Waals surface area contributed by atoms with E-state index in [1.807, 2.05) is 12.1 Å². The van der Waals surface area contributed by atoms with Gasteiger partial charge in [-0.1, -0.05) is 12.1 Å². The van der Waals surface area contributed by atoms with Crippen molar-refractivity contribution >= 4 is 11.9 Å². The van der Waals surface area contributed by atoms with Crippen LogP contribution in [0.2, 0.25) is 0 Å². The number of likely N-dealkylation sites (N-methyl/N-ethyl adjacent to an activating group) is 1. The van der Waals surface area contributed by atoms with E-state index in [1.54, 1.807) is 26.1 Å². The summed E-state index contributed by atoms with van der Waals surface area (Å²) in [6.45, 7) is 3.26. The Labute approximate surface area is 155 Å². The zero-order valence-corrected chi connectivity index (χ0v) is 16.0. The average molecular weight is 362 g/mol. The van der Waals surface area contributed by atoms with Gasteiger partial charge in [0.15, 0.2) is 5.96 Å². The highest BCUT2D eigenvalue weighted by molar-refractivity contribution is 5.84. The molecule has 0 bridgehead atoms. The second kappa shape index (κ2) is 10.7. The van der Waals surface area contributed by atoms with Gasteiger partial charge < -0.3 is 25.0 Å². The van der Waals surface area contributed by atoms with Crippen molar-refractivity contribution < 1.29 is 14.3 Å². The van der Waals surface area contributed by atoms with Crippen molar-refractivity contribution in [2.75, 3.05) is 54.1 Å². The van der Waals surface area contributed by atoms with E-state index in [-0.39, 0.29) is 12.5 Å². The molecule has 26 heavy (non-hydrogen) atoms. The molecule has 1 atom stereocenters. The summed E-state index contributed by atoms with van der Waals surface area (Å²) in [4.78, 5) is 17.7. The number of methoxy groups -OCH3 is 1. The Hall–Kier alpha value is -2.28. The van der Waals surface area contributed by atoms with E-state index in [0.717, 1.165) is 44.9 Å². The first-order chi connectivity index (χ1) is 12.6. The molecule has 2 N–H and O–H groups in total. The van der Waals surface area contributed by atoms with Gasteiger partial charge in [0.05, 0.1) is 13.7 Å². The molecule has 1 saturated heterocycles. The highest BCUT2D eigenvalue weighted by atomic mass is 16.5. The molecule has 0 radical (unpaired) electrons. The lowest BCUT2D eigenvalue weighted by atomic mass is 10.1. The molecule has 1 heterocycles. The van der Waals surface area contributed by atoms with Crippen LogP contribution in [0.25, 0.3) is 0 Å². The second-order valence-corrected chi connectivity index (χ2v) is 6.59. The first-order valence-corrected chi connectivity index (χ1v) is 9.01. The summed E-state index contributed by atoms with van der Waals surface area (Å²) in [5.74, 6) is 1.99. The fraction of sp³-hybridized carbons (Fsp3) is 0.579. The maximum Gasteiger partial charge on any atom is 0.243 e. The molecule has 1 aromatic carbocycles. The maximum atomic E-state index is 11.8. The number of aliphatic imine (C=N–C) groups is 1. The Kier molecular flexibility index (Phi) is 8.21. The van der Waals surface area contributed by atoms with Gasteiger partial charge in [-0.2, -0.15) is 0 Å². The topological polar surface area (TPSA) is 75.2 Å². The third kappa shape index (κ3) is 6.92.